The molecule has 17 heavy (non-hydrogen) atoms. The third-order valence-corrected chi connectivity index (χ3v) is 3.63. The second kappa shape index (κ2) is 5.67. The molecule has 1 aliphatic rings. The summed E-state index contributed by atoms with van der Waals surface area (Å²) < 4.78 is 0.969. The molecule has 0 radical (unpaired) electrons. The van der Waals surface area contributed by atoms with Crippen LogP contribution in [0.3, 0.4) is 0 Å². The Balaban J connectivity index is 2.09. The van der Waals surface area contributed by atoms with E-state index in [2.05, 4.69) is 50.1 Å². The molecule has 2 rings (SSSR count). The van der Waals surface area contributed by atoms with E-state index in [0.29, 0.717) is 0 Å². The Kier molecular flexibility index (Phi) is 4.20. The van der Waals surface area contributed by atoms with Crippen molar-refractivity contribution in [3.8, 4) is 0 Å². The Morgan fingerprint density at radius 1 is 1.47 bits per heavy atom. The number of halogens is 1. The van der Waals surface area contributed by atoms with Gasteiger partial charge in [-0.2, -0.15) is 0 Å². The molecule has 1 aromatic heterocycles. The summed E-state index contributed by atoms with van der Waals surface area (Å²) in [6.07, 6.45) is 5.42. The van der Waals surface area contributed by atoms with E-state index in [9.17, 15) is 0 Å². The topological polar surface area (TPSA) is 41.1 Å². The maximum Gasteiger partial charge on any atom is 0.148 e. The number of nitrogens with one attached hydrogen (secondary N) is 1. The van der Waals surface area contributed by atoms with Gasteiger partial charge in [0.25, 0.3) is 0 Å². The van der Waals surface area contributed by atoms with E-state index < -0.39 is 0 Å². The minimum absolute atomic E-state index is 0.855. The second-order valence-electron chi connectivity index (χ2n) is 4.61. The molecule has 0 atom stereocenters. The first kappa shape index (κ1) is 12.6. The third-order valence-electron chi connectivity index (χ3n) is 2.90. The molecule has 0 bridgehead atoms. The summed E-state index contributed by atoms with van der Waals surface area (Å²) in [4.78, 5) is 10.8. The summed E-state index contributed by atoms with van der Waals surface area (Å²) in [6.45, 7) is 4.16. The van der Waals surface area contributed by atoms with E-state index in [-0.39, 0.29) is 0 Å². The number of nitrogens with zero attached hydrogens (tertiary/aromatic N) is 3. The van der Waals surface area contributed by atoms with E-state index in [1.54, 1.807) is 6.33 Å². The van der Waals surface area contributed by atoms with Crippen molar-refractivity contribution in [2.24, 2.45) is 5.92 Å². The van der Waals surface area contributed by atoms with Gasteiger partial charge in [-0.25, -0.2) is 9.97 Å². The summed E-state index contributed by atoms with van der Waals surface area (Å²) in [7, 11) is 2.09. The van der Waals surface area contributed by atoms with Gasteiger partial charge < -0.3 is 10.2 Å². The number of hydrogen-bond donors (Lipinski definition) is 1. The average Bonchev–Trinajstić information content (AvgIpc) is 3.11. The Bertz CT molecular complexity index is 379. The quantitative estimate of drug-likeness (QED) is 0.877. The minimum atomic E-state index is 0.855. The fourth-order valence-corrected chi connectivity index (χ4v) is 2.42. The maximum atomic E-state index is 4.36. The van der Waals surface area contributed by atoms with Crippen LogP contribution in [0.5, 0.6) is 0 Å². The lowest BCUT2D eigenvalue weighted by Gasteiger charge is -2.20. The summed E-state index contributed by atoms with van der Waals surface area (Å²) in [5.74, 6) is 2.72. The van der Waals surface area contributed by atoms with Crippen LogP contribution in [0.1, 0.15) is 26.2 Å². The second-order valence-corrected chi connectivity index (χ2v) is 5.40. The van der Waals surface area contributed by atoms with Crippen LogP contribution in [0, 0.1) is 5.92 Å². The van der Waals surface area contributed by atoms with Gasteiger partial charge in [0.15, 0.2) is 0 Å². The van der Waals surface area contributed by atoms with Gasteiger partial charge in [0.1, 0.15) is 22.4 Å². The molecule has 0 aromatic carbocycles. The number of rotatable bonds is 6. The summed E-state index contributed by atoms with van der Waals surface area (Å²) in [5, 5.41) is 3.30. The molecule has 0 aliphatic heterocycles. The van der Waals surface area contributed by atoms with Crippen LogP contribution in [-0.2, 0) is 0 Å². The molecule has 0 unspecified atom stereocenters. The van der Waals surface area contributed by atoms with Gasteiger partial charge in [-0.15, -0.1) is 0 Å². The van der Waals surface area contributed by atoms with Crippen molar-refractivity contribution in [1.29, 1.82) is 0 Å². The van der Waals surface area contributed by atoms with Gasteiger partial charge in [0, 0.05) is 20.1 Å². The molecule has 1 saturated carbocycles. The van der Waals surface area contributed by atoms with Crippen molar-refractivity contribution in [3.05, 3.63) is 10.8 Å². The van der Waals surface area contributed by atoms with Crippen molar-refractivity contribution in [3.63, 3.8) is 0 Å². The monoisotopic (exact) mass is 298 g/mol. The lowest BCUT2D eigenvalue weighted by atomic mass is 10.3. The number of aromatic nitrogens is 2. The summed E-state index contributed by atoms with van der Waals surface area (Å²) in [5.41, 5.74) is 0. The molecular weight excluding hydrogens is 280 g/mol. The van der Waals surface area contributed by atoms with Crippen molar-refractivity contribution < 1.29 is 0 Å². The average molecular weight is 299 g/mol. The van der Waals surface area contributed by atoms with Crippen LogP contribution >= 0.6 is 15.9 Å². The molecule has 5 heteroatoms. The molecule has 0 spiro atoms. The van der Waals surface area contributed by atoms with Gasteiger partial charge >= 0.3 is 0 Å². The highest BCUT2D eigenvalue weighted by atomic mass is 79.9. The highest BCUT2D eigenvalue weighted by molar-refractivity contribution is 9.10. The lowest BCUT2D eigenvalue weighted by Crippen LogP contribution is -2.22. The van der Waals surface area contributed by atoms with Crippen LogP contribution in [0.4, 0.5) is 11.6 Å². The van der Waals surface area contributed by atoms with E-state index in [4.69, 9.17) is 0 Å². The first-order valence-electron chi connectivity index (χ1n) is 6.18. The predicted molar refractivity (Wildman–Crippen MR) is 74.5 cm³/mol. The first-order valence-corrected chi connectivity index (χ1v) is 6.97. The molecule has 1 N–H and O–H groups in total. The molecular formula is C12H19BrN4. The van der Waals surface area contributed by atoms with Crippen molar-refractivity contribution in [1.82, 2.24) is 9.97 Å². The predicted octanol–water partition coefficient (Wildman–Crippen LogP) is 2.91. The Morgan fingerprint density at radius 2 is 2.24 bits per heavy atom. The Hall–Kier alpha value is -0.840. The molecule has 1 aromatic rings. The number of hydrogen-bond acceptors (Lipinski definition) is 4. The van der Waals surface area contributed by atoms with Crippen molar-refractivity contribution >= 4 is 27.6 Å². The maximum absolute atomic E-state index is 4.36. The van der Waals surface area contributed by atoms with E-state index in [0.717, 1.165) is 41.5 Å². The summed E-state index contributed by atoms with van der Waals surface area (Å²) >= 11 is 3.59. The number of anilines is 2. The van der Waals surface area contributed by atoms with Crippen LogP contribution in [0.15, 0.2) is 10.8 Å². The van der Waals surface area contributed by atoms with E-state index >= 15 is 0 Å². The largest absolute Gasteiger partial charge is 0.369 e. The molecule has 1 aliphatic carbocycles. The van der Waals surface area contributed by atoms with E-state index in [1.807, 2.05) is 0 Å². The Morgan fingerprint density at radius 3 is 2.88 bits per heavy atom. The smallest absolute Gasteiger partial charge is 0.148 e. The zero-order valence-corrected chi connectivity index (χ0v) is 12.0. The first-order chi connectivity index (χ1) is 8.22. The normalized spacial score (nSPS) is 14.8. The molecule has 0 amide bonds. The SMILES string of the molecule is CCCNc1ncnc(N(C)CC2CC2)c1Br. The van der Waals surface area contributed by atoms with Gasteiger partial charge in [-0.3, -0.25) is 0 Å². The molecule has 1 heterocycles. The van der Waals surface area contributed by atoms with Gasteiger partial charge in [0.2, 0.25) is 0 Å². The Labute approximate surface area is 111 Å². The fraction of sp³-hybridized carbons (Fsp3) is 0.667. The van der Waals surface area contributed by atoms with Gasteiger partial charge in [0.05, 0.1) is 0 Å². The highest BCUT2D eigenvalue weighted by Crippen LogP contribution is 2.33. The molecule has 4 nitrogen and oxygen atoms in total. The molecule has 1 fully saturated rings. The fourth-order valence-electron chi connectivity index (χ4n) is 1.77. The standard InChI is InChI=1S/C12H19BrN4/c1-3-6-14-11-10(13)12(16-8-15-11)17(2)7-9-4-5-9/h8-9H,3-7H2,1-2H3,(H,14,15,16). The van der Waals surface area contributed by atoms with Crippen LogP contribution in [-0.4, -0.2) is 30.1 Å². The highest BCUT2D eigenvalue weighted by Gasteiger charge is 2.24. The summed E-state index contributed by atoms with van der Waals surface area (Å²) in [6, 6.07) is 0. The zero-order valence-electron chi connectivity index (χ0n) is 10.4. The molecule has 94 valence electrons. The minimum Gasteiger partial charge on any atom is -0.369 e. The van der Waals surface area contributed by atoms with Gasteiger partial charge in [-0.1, -0.05) is 6.92 Å². The van der Waals surface area contributed by atoms with Crippen LogP contribution in [0.25, 0.3) is 0 Å². The van der Waals surface area contributed by atoms with Crippen molar-refractivity contribution in [2.75, 3.05) is 30.4 Å². The van der Waals surface area contributed by atoms with Gasteiger partial charge in [-0.05, 0) is 41.1 Å². The van der Waals surface area contributed by atoms with Crippen LogP contribution in [0.2, 0.25) is 0 Å². The lowest BCUT2D eigenvalue weighted by molar-refractivity contribution is 0.773. The van der Waals surface area contributed by atoms with Crippen LogP contribution < -0.4 is 10.2 Å². The van der Waals surface area contributed by atoms with Crippen molar-refractivity contribution in [2.45, 2.75) is 26.2 Å². The third kappa shape index (κ3) is 3.31. The van der Waals surface area contributed by atoms with E-state index in [1.165, 1.54) is 12.8 Å². The molecule has 0 saturated heterocycles. The zero-order chi connectivity index (χ0) is 12.3.